The summed E-state index contributed by atoms with van der Waals surface area (Å²) in [5, 5.41) is 26.4. The average molecular weight is 503 g/mol. The summed E-state index contributed by atoms with van der Waals surface area (Å²) >= 11 is 0. The third-order valence-electron chi connectivity index (χ3n) is 5.52. The predicted molar refractivity (Wildman–Crippen MR) is 131 cm³/mol. The second kappa shape index (κ2) is 17.5. The zero-order valence-electron chi connectivity index (χ0n) is 20.5. The molecule has 0 saturated heterocycles. The molecule has 0 aliphatic carbocycles. The van der Waals surface area contributed by atoms with Gasteiger partial charge in [0, 0.05) is 6.54 Å². The number of carboxylic acid groups (broad SMARTS) is 1. The van der Waals surface area contributed by atoms with Crippen molar-refractivity contribution in [1.29, 1.82) is 0 Å². The minimum atomic E-state index is -1.34. The minimum absolute atomic E-state index is 0.0597. The van der Waals surface area contributed by atoms with Crippen molar-refractivity contribution < 1.29 is 29.4 Å². The number of guanidine groups is 1. The number of unbranched alkanes of at least 4 members (excludes halogenated alkanes) is 1. The number of nitrogens with two attached hydrogens (primary N) is 4. The van der Waals surface area contributed by atoms with Crippen LogP contribution in [0.5, 0.6) is 0 Å². The number of aliphatic imine (C=N–C) groups is 1. The largest absolute Gasteiger partial charge is 0.480 e. The van der Waals surface area contributed by atoms with Crippen LogP contribution in [0.4, 0.5) is 0 Å². The average Bonchev–Trinajstić information content (AvgIpc) is 2.81. The van der Waals surface area contributed by atoms with Crippen LogP contribution in [0, 0.1) is 5.92 Å². The Balaban J connectivity index is 5.30. The summed E-state index contributed by atoms with van der Waals surface area (Å²) in [7, 11) is 0. The minimum Gasteiger partial charge on any atom is -0.480 e. The van der Waals surface area contributed by atoms with Gasteiger partial charge in [-0.15, -0.1) is 0 Å². The van der Waals surface area contributed by atoms with E-state index in [1.807, 2.05) is 6.92 Å². The molecule has 0 heterocycles. The molecule has 13 N–H and O–H groups in total. The van der Waals surface area contributed by atoms with E-state index in [0.717, 1.165) is 0 Å². The third kappa shape index (κ3) is 12.9. The summed E-state index contributed by atoms with van der Waals surface area (Å²) in [5.74, 6) is -3.65. The molecule has 0 bridgehead atoms. The quantitative estimate of drug-likeness (QED) is 0.0523. The maximum absolute atomic E-state index is 12.8. The van der Waals surface area contributed by atoms with Crippen LogP contribution < -0.4 is 38.9 Å². The fraction of sp³-hybridized carbons (Fsp3) is 0.762. The van der Waals surface area contributed by atoms with Gasteiger partial charge in [-0.1, -0.05) is 20.3 Å². The van der Waals surface area contributed by atoms with Crippen molar-refractivity contribution in [2.24, 2.45) is 33.8 Å². The maximum Gasteiger partial charge on any atom is 0.326 e. The fourth-order valence-electron chi connectivity index (χ4n) is 3.04. The molecular weight excluding hydrogens is 460 g/mol. The first kappa shape index (κ1) is 32.0. The topological polar surface area (TPSA) is 261 Å². The van der Waals surface area contributed by atoms with E-state index in [9.17, 15) is 29.4 Å². The van der Waals surface area contributed by atoms with E-state index in [1.165, 1.54) is 0 Å². The number of carbonyl (C=O) groups is 4. The van der Waals surface area contributed by atoms with E-state index in [4.69, 9.17) is 22.9 Å². The number of carbonyl (C=O) groups excluding carboxylic acids is 3. The molecule has 35 heavy (non-hydrogen) atoms. The Morgan fingerprint density at radius 3 is 1.94 bits per heavy atom. The van der Waals surface area contributed by atoms with Crippen LogP contribution in [0.1, 0.15) is 52.4 Å². The van der Waals surface area contributed by atoms with Crippen LogP contribution in [-0.2, 0) is 19.2 Å². The Kier molecular flexibility index (Phi) is 16.0. The van der Waals surface area contributed by atoms with Gasteiger partial charge in [0.05, 0.1) is 12.6 Å². The zero-order valence-corrected chi connectivity index (χ0v) is 20.5. The molecule has 0 radical (unpaired) electrons. The van der Waals surface area contributed by atoms with Gasteiger partial charge in [0.1, 0.15) is 18.1 Å². The summed E-state index contributed by atoms with van der Waals surface area (Å²) in [4.78, 5) is 53.3. The summed E-state index contributed by atoms with van der Waals surface area (Å²) in [6.45, 7) is 3.49. The van der Waals surface area contributed by atoms with Crippen LogP contribution in [-0.4, -0.2) is 83.7 Å². The van der Waals surface area contributed by atoms with Crippen LogP contribution in [0.2, 0.25) is 0 Å². The van der Waals surface area contributed by atoms with Crippen LogP contribution >= 0.6 is 0 Å². The van der Waals surface area contributed by atoms with Gasteiger partial charge in [0.25, 0.3) is 0 Å². The molecule has 14 nitrogen and oxygen atoms in total. The highest BCUT2D eigenvalue weighted by molar-refractivity contribution is 5.94. The van der Waals surface area contributed by atoms with Crippen molar-refractivity contribution >= 4 is 29.7 Å². The van der Waals surface area contributed by atoms with Gasteiger partial charge in [-0.25, -0.2) is 4.79 Å². The second-order valence-corrected chi connectivity index (χ2v) is 8.35. The first-order valence-electron chi connectivity index (χ1n) is 11.7. The second-order valence-electron chi connectivity index (χ2n) is 8.35. The van der Waals surface area contributed by atoms with E-state index in [-0.39, 0.29) is 31.3 Å². The van der Waals surface area contributed by atoms with Gasteiger partial charge in [-0.3, -0.25) is 19.4 Å². The highest BCUT2D eigenvalue weighted by atomic mass is 16.4. The molecule has 0 aromatic rings. The summed E-state index contributed by atoms with van der Waals surface area (Å²) in [6.07, 6.45) is 2.23. The lowest BCUT2D eigenvalue weighted by atomic mass is 9.99. The highest BCUT2D eigenvalue weighted by Crippen LogP contribution is 2.07. The summed E-state index contributed by atoms with van der Waals surface area (Å²) in [5.41, 5.74) is 21.9. The lowest BCUT2D eigenvalue weighted by Crippen LogP contribution is -2.58. The number of carboxylic acids is 1. The SMILES string of the molecule is CCC(C)C(N)C(=O)NC(CO)C(=O)NC(CCCCN)C(=O)NC(CCCN=C(N)N)C(=O)O. The molecule has 5 atom stereocenters. The van der Waals surface area contributed by atoms with E-state index in [2.05, 4.69) is 20.9 Å². The van der Waals surface area contributed by atoms with E-state index in [1.54, 1.807) is 6.92 Å². The van der Waals surface area contributed by atoms with Gasteiger partial charge in [0.2, 0.25) is 17.7 Å². The summed E-state index contributed by atoms with van der Waals surface area (Å²) in [6, 6.07) is -4.55. The Bertz CT molecular complexity index is 716. The molecule has 0 aliphatic heterocycles. The number of hydrogen-bond donors (Lipinski definition) is 9. The van der Waals surface area contributed by atoms with E-state index in [0.29, 0.717) is 32.2 Å². The van der Waals surface area contributed by atoms with Crippen molar-refractivity contribution in [3.05, 3.63) is 0 Å². The standard InChI is InChI=1S/C21H42N8O6/c1-3-12(2)16(23)19(33)29-15(11-30)18(32)27-13(7-4-5-9-22)17(31)28-14(20(34)35)8-6-10-26-21(24)25/h12-16,30H,3-11,22-23H2,1-2H3,(H,27,32)(H,28,31)(H,29,33)(H,34,35)(H4,24,25,26). The van der Waals surface area contributed by atoms with Crippen LogP contribution in [0.15, 0.2) is 4.99 Å². The lowest BCUT2D eigenvalue weighted by molar-refractivity contribution is -0.142. The Morgan fingerprint density at radius 1 is 0.886 bits per heavy atom. The summed E-state index contributed by atoms with van der Waals surface area (Å²) < 4.78 is 0. The molecule has 0 rings (SSSR count). The molecule has 5 unspecified atom stereocenters. The lowest BCUT2D eigenvalue weighted by Gasteiger charge is -2.25. The smallest absolute Gasteiger partial charge is 0.326 e. The van der Waals surface area contributed by atoms with Gasteiger partial charge in [-0.2, -0.15) is 0 Å². The van der Waals surface area contributed by atoms with Gasteiger partial charge < -0.3 is 49.1 Å². The zero-order chi connectivity index (χ0) is 27.0. The van der Waals surface area contributed by atoms with Crippen molar-refractivity contribution in [1.82, 2.24) is 16.0 Å². The number of amides is 3. The first-order chi connectivity index (χ1) is 16.5. The molecule has 14 heteroatoms. The molecule has 0 aliphatic rings. The Hall–Kier alpha value is -2.97. The van der Waals surface area contributed by atoms with E-state index >= 15 is 0 Å². The molecule has 0 aromatic carbocycles. The molecule has 0 fully saturated rings. The number of aliphatic hydroxyl groups excluding tert-OH is 1. The van der Waals surface area contributed by atoms with Crippen molar-refractivity contribution in [3.8, 4) is 0 Å². The number of aliphatic hydroxyl groups is 1. The normalized spacial score (nSPS) is 15.1. The van der Waals surface area contributed by atoms with Crippen LogP contribution in [0.3, 0.4) is 0 Å². The number of aliphatic carboxylic acids is 1. The molecule has 0 aromatic heterocycles. The number of nitrogens with one attached hydrogen (secondary N) is 3. The van der Waals surface area contributed by atoms with Gasteiger partial charge in [-0.05, 0) is 44.6 Å². The number of hydrogen-bond acceptors (Lipinski definition) is 8. The molecular formula is C21H42N8O6. The van der Waals surface area contributed by atoms with Crippen molar-refractivity contribution in [2.75, 3.05) is 19.7 Å². The number of rotatable bonds is 18. The molecule has 3 amide bonds. The Labute approximate surface area is 205 Å². The molecule has 0 spiro atoms. The van der Waals surface area contributed by atoms with Crippen molar-refractivity contribution in [3.63, 3.8) is 0 Å². The first-order valence-corrected chi connectivity index (χ1v) is 11.7. The highest BCUT2D eigenvalue weighted by Gasteiger charge is 2.30. The van der Waals surface area contributed by atoms with Crippen LogP contribution in [0.25, 0.3) is 0 Å². The van der Waals surface area contributed by atoms with Gasteiger partial charge in [0.15, 0.2) is 5.96 Å². The number of nitrogens with zero attached hydrogens (tertiary/aromatic N) is 1. The van der Waals surface area contributed by atoms with Gasteiger partial charge >= 0.3 is 5.97 Å². The van der Waals surface area contributed by atoms with Crippen molar-refractivity contribution in [2.45, 2.75) is 76.5 Å². The third-order valence-corrected chi connectivity index (χ3v) is 5.52. The molecule has 0 saturated carbocycles. The van der Waals surface area contributed by atoms with E-state index < -0.39 is 54.5 Å². The molecule has 202 valence electrons. The fourth-order valence-corrected chi connectivity index (χ4v) is 3.04. The monoisotopic (exact) mass is 502 g/mol. The predicted octanol–water partition coefficient (Wildman–Crippen LogP) is -2.93. The Morgan fingerprint density at radius 2 is 1.43 bits per heavy atom. The maximum atomic E-state index is 12.8.